The summed E-state index contributed by atoms with van der Waals surface area (Å²) in [5.74, 6) is 0. The van der Waals surface area contributed by atoms with Gasteiger partial charge in [0.05, 0.1) is 6.61 Å². The van der Waals surface area contributed by atoms with E-state index in [0.29, 0.717) is 23.1 Å². The predicted molar refractivity (Wildman–Crippen MR) is 128 cm³/mol. The van der Waals surface area contributed by atoms with Crippen molar-refractivity contribution in [2.45, 2.75) is 19.5 Å². The second-order valence-electron chi connectivity index (χ2n) is 6.54. The fraction of sp³-hybridized carbons (Fsp3) is 0.333. The number of hydrogen-bond donors (Lipinski definition) is 3. The van der Waals surface area contributed by atoms with E-state index in [9.17, 15) is 0 Å². The van der Waals surface area contributed by atoms with Crippen molar-refractivity contribution >= 4 is 58.9 Å². The highest BCUT2D eigenvalue weighted by Crippen LogP contribution is 2.26. The van der Waals surface area contributed by atoms with Gasteiger partial charge in [0.1, 0.15) is 0 Å². The van der Waals surface area contributed by atoms with Crippen molar-refractivity contribution < 1.29 is 5.11 Å². The predicted octanol–water partition coefficient (Wildman–Crippen LogP) is 4.90. The third-order valence-corrected chi connectivity index (χ3v) is 5.12. The lowest BCUT2D eigenvalue weighted by molar-refractivity contribution is 0.292. The smallest absolute Gasteiger partial charge is 0.0555 e. The molecule has 0 spiro atoms. The van der Waals surface area contributed by atoms with E-state index in [0.717, 1.165) is 31.6 Å². The first-order chi connectivity index (χ1) is 13.2. The molecule has 8 heteroatoms. The van der Waals surface area contributed by atoms with E-state index < -0.39 is 0 Å². The zero-order chi connectivity index (χ0) is 19.1. The first kappa shape index (κ1) is 26.1. The molecule has 2 aromatic carbocycles. The summed E-state index contributed by atoms with van der Waals surface area (Å²) >= 11 is 12.4. The van der Waals surface area contributed by atoms with Crippen molar-refractivity contribution in [3.8, 4) is 0 Å². The number of benzene rings is 2. The van der Waals surface area contributed by atoms with Crippen molar-refractivity contribution in [1.82, 2.24) is 15.2 Å². The van der Waals surface area contributed by atoms with Crippen molar-refractivity contribution in [2.24, 2.45) is 0 Å². The highest BCUT2D eigenvalue weighted by molar-refractivity contribution is 6.35. The quantitative estimate of drug-likeness (QED) is 0.363. The molecule has 0 unspecified atom stereocenters. The van der Waals surface area contributed by atoms with Crippen LogP contribution in [0.4, 0.5) is 0 Å². The summed E-state index contributed by atoms with van der Waals surface area (Å²) in [6.45, 7) is 4.21. The van der Waals surface area contributed by atoms with Crippen LogP contribution in [0.25, 0.3) is 10.9 Å². The van der Waals surface area contributed by atoms with Gasteiger partial charge in [-0.25, -0.2) is 0 Å². The van der Waals surface area contributed by atoms with Gasteiger partial charge < -0.3 is 20.3 Å². The highest BCUT2D eigenvalue weighted by atomic mass is 35.5. The Morgan fingerprint density at radius 2 is 1.66 bits per heavy atom. The molecule has 0 amide bonds. The van der Waals surface area contributed by atoms with E-state index in [4.69, 9.17) is 28.3 Å². The number of aliphatic hydroxyl groups is 1. The summed E-state index contributed by atoms with van der Waals surface area (Å²) in [6.07, 6.45) is 3.23. The van der Waals surface area contributed by atoms with Crippen LogP contribution < -0.4 is 10.6 Å². The van der Waals surface area contributed by atoms with E-state index in [1.165, 1.54) is 16.5 Å². The highest BCUT2D eigenvalue weighted by Gasteiger charge is 2.10. The van der Waals surface area contributed by atoms with Crippen LogP contribution in [0, 0.1) is 0 Å². The second kappa shape index (κ2) is 13.3. The minimum absolute atomic E-state index is 0. The van der Waals surface area contributed by atoms with Gasteiger partial charge in [-0.2, -0.15) is 0 Å². The van der Waals surface area contributed by atoms with Gasteiger partial charge in [0.25, 0.3) is 0 Å². The Bertz CT molecular complexity index is 885. The number of aliphatic hydroxyl groups excluding tert-OH is 1. The number of hydrogen-bond acceptors (Lipinski definition) is 3. The third kappa shape index (κ3) is 7.34. The van der Waals surface area contributed by atoms with Crippen molar-refractivity contribution in [2.75, 3.05) is 26.2 Å². The lowest BCUT2D eigenvalue weighted by atomic mass is 10.2. The number of nitrogens with one attached hydrogen (secondary N) is 2. The summed E-state index contributed by atoms with van der Waals surface area (Å²) < 4.78 is 2.24. The molecule has 0 saturated carbocycles. The molecule has 0 atom stereocenters. The van der Waals surface area contributed by atoms with Gasteiger partial charge in [0.15, 0.2) is 0 Å². The van der Waals surface area contributed by atoms with Crippen LogP contribution in [0.3, 0.4) is 0 Å². The first-order valence-electron chi connectivity index (χ1n) is 9.22. The molecule has 0 aliphatic heterocycles. The molecule has 3 N–H and O–H groups in total. The maximum Gasteiger partial charge on any atom is 0.0555 e. The molecule has 0 radical (unpaired) electrons. The van der Waals surface area contributed by atoms with Gasteiger partial charge in [-0.1, -0.05) is 47.5 Å². The van der Waals surface area contributed by atoms with E-state index in [1.54, 1.807) is 6.07 Å². The summed E-state index contributed by atoms with van der Waals surface area (Å²) in [6, 6.07) is 14.1. The number of para-hydroxylation sites is 1. The van der Waals surface area contributed by atoms with Crippen molar-refractivity contribution in [3.05, 3.63) is 69.8 Å². The summed E-state index contributed by atoms with van der Waals surface area (Å²) in [5, 5.41) is 18.1. The Morgan fingerprint density at radius 1 is 0.897 bits per heavy atom. The van der Waals surface area contributed by atoms with Gasteiger partial charge in [0, 0.05) is 46.8 Å². The Hall–Kier alpha value is -0.980. The lowest BCUT2D eigenvalue weighted by Crippen LogP contribution is -2.23. The lowest BCUT2D eigenvalue weighted by Gasteiger charge is -2.08. The van der Waals surface area contributed by atoms with Gasteiger partial charge in [-0.05, 0) is 48.8 Å². The van der Waals surface area contributed by atoms with Gasteiger partial charge in [0.2, 0.25) is 0 Å². The molecule has 1 heterocycles. The van der Waals surface area contributed by atoms with E-state index in [2.05, 4.69) is 45.7 Å². The summed E-state index contributed by atoms with van der Waals surface area (Å²) in [7, 11) is 0. The van der Waals surface area contributed by atoms with Crippen LogP contribution in [0.5, 0.6) is 0 Å². The van der Waals surface area contributed by atoms with Crippen LogP contribution in [0.15, 0.2) is 48.7 Å². The molecular weight excluding hydrogens is 452 g/mol. The Morgan fingerprint density at radius 3 is 2.41 bits per heavy atom. The maximum absolute atomic E-state index is 8.76. The number of halogens is 4. The van der Waals surface area contributed by atoms with E-state index in [1.807, 2.05) is 12.1 Å². The van der Waals surface area contributed by atoms with Crippen molar-refractivity contribution in [3.63, 3.8) is 0 Å². The molecule has 4 nitrogen and oxygen atoms in total. The van der Waals surface area contributed by atoms with Gasteiger partial charge >= 0.3 is 0 Å². The van der Waals surface area contributed by atoms with E-state index >= 15 is 0 Å². The molecule has 1 aromatic heterocycles. The molecule has 0 aliphatic carbocycles. The van der Waals surface area contributed by atoms with Crippen molar-refractivity contribution in [1.29, 1.82) is 0 Å². The van der Waals surface area contributed by atoms with Crippen LogP contribution >= 0.6 is 48.0 Å². The average Bonchev–Trinajstić information content (AvgIpc) is 3.01. The zero-order valence-corrected chi connectivity index (χ0v) is 19.2. The van der Waals surface area contributed by atoms with Crippen LogP contribution in [-0.2, 0) is 13.1 Å². The number of aromatic nitrogens is 1. The number of nitrogens with zero attached hydrogens (tertiary/aromatic N) is 1. The molecule has 0 aliphatic rings. The van der Waals surface area contributed by atoms with Crippen LogP contribution in [-0.4, -0.2) is 35.9 Å². The number of rotatable bonds is 10. The fourth-order valence-electron chi connectivity index (χ4n) is 3.19. The largest absolute Gasteiger partial charge is 0.395 e. The van der Waals surface area contributed by atoms with E-state index in [-0.39, 0.29) is 31.4 Å². The van der Waals surface area contributed by atoms with Crippen LogP contribution in [0.1, 0.15) is 17.5 Å². The minimum atomic E-state index is 0. The zero-order valence-electron chi connectivity index (χ0n) is 16.0. The molecule has 29 heavy (non-hydrogen) atoms. The van der Waals surface area contributed by atoms with Gasteiger partial charge in [-0.15, -0.1) is 24.8 Å². The number of fused-ring (bicyclic) bond motifs is 1. The molecular formula is C21H27Cl4N3O. The monoisotopic (exact) mass is 477 g/mol. The van der Waals surface area contributed by atoms with Crippen LogP contribution in [0.2, 0.25) is 10.0 Å². The summed E-state index contributed by atoms with van der Waals surface area (Å²) in [5.41, 5.74) is 3.53. The summed E-state index contributed by atoms with van der Waals surface area (Å²) in [4.78, 5) is 0. The molecule has 0 bridgehead atoms. The third-order valence-electron chi connectivity index (χ3n) is 4.54. The topological polar surface area (TPSA) is 49.2 Å². The Labute approximate surface area is 194 Å². The maximum atomic E-state index is 8.76. The molecule has 0 fully saturated rings. The van der Waals surface area contributed by atoms with Gasteiger partial charge in [-0.3, -0.25) is 0 Å². The Kier molecular flexibility index (Phi) is 12.0. The standard InChI is InChI=1S/C21H25Cl2N3O.2ClH/c22-18-7-6-16(20(23)12-18)14-26-15-17(19-4-1-2-5-21(19)26)13-25-9-3-8-24-10-11-27;;/h1-2,4-7,12,15,24-25,27H,3,8-11,13-14H2;2*1H. The molecule has 0 saturated heterocycles. The molecule has 3 aromatic rings. The SMILES string of the molecule is Cl.Cl.OCCNCCCNCc1cn(Cc2ccc(Cl)cc2Cl)c2ccccc12. The molecule has 160 valence electrons. The molecule has 3 rings (SSSR count). The minimum Gasteiger partial charge on any atom is -0.395 e. The fourth-order valence-corrected chi connectivity index (χ4v) is 3.66. The first-order valence-corrected chi connectivity index (χ1v) is 9.97. The average molecular weight is 479 g/mol. The normalized spacial score (nSPS) is 10.6. The Balaban J connectivity index is 0.00000210. The second-order valence-corrected chi connectivity index (χ2v) is 7.38.